The minimum absolute atomic E-state index is 0.163. The molecule has 10 atom stereocenters. The first kappa shape index (κ1) is 21.0. The van der Waals surface area contributed by atoms with Crippen molar-refractivity contribution >= 4 is 11.8 Å². The largest absolute Gasteiger partial charge is 0.462 e. The molecule has 0 unspecified atom stereocenters. The lowest BCUT2D eigenvalue weighted by molar-refractivity contribution is -0.278. The van der Waals surface area contributed by atoms with Crippen molar-refractivity contribution < 1.29 is 34.8 Å². The van der Waals surface area contributed by atoms with Crippen molar-refractivity contribution in [3.8, 4) is 0 Å². The number of hydrogen-bond acceptors (Lipinski definition) is 7. The molecule has 0 amide bonds. The van der Waals surface area contributed by atoms with Gasteiger partial charge in [-0.05, 0) is 30.3 Å². The van der Waals surface area contributed by atoms with Crippen LogP contribution >= 0.6 is 0 Å². The topological polar surface area (TPSA) is 124 Å². The van der Waals surface area contributed by atoms with Crippen molar-refractivity contribution in [1.29, 1.82) is 0 Å². The minimum Gasteiger partial charge on any atom is -0.462 e. The van der Waals surface area contributed by atoms with Crippen molar-refractivity contribution in [3.63, 3.8) is 0 Å². The Hall–Kier alpha value is -1.28. The first-order valence-electron chi connectivity index (χ1n) is 10.4. The second-order valence-electron chi connectivity index (χ2n) is 10.5. The summed E-state index contributed by atoms with van der Waals surface area (Å²) in [5, 5.41) is 44.4. The maximum absolute atomic E-state index is 13.3. The predicted molar refractivity (Wildman–Crippen MR) is 102 cm³/mol. The molecule has 0 aliphatic heterocycles. The van der Waals surface area contributed by atoms with Crippen LogP contribution in [0.25, 0.3) is 0 Å². The molecule has 4 rings (SSSR count). The van der Waals surface area contributed by atoms with E-state index in [9.17, 15) is 30.0 Å². The van der Waals surface area contributed by atoms with Crippen LogP contribution in [0.1, 0.15) is 47.0 Å². The highest BCUT2D eigenvalue weighted by Gasteiger charge is 2.77. The number of hydrogen-bond donors (Lipinski definition) is 4. The molecule has 4 saturated carbocycles. The Kier molecular flexibility index (Phi) is 4.43. The molecule has 2 bridgehead atoms. The molecule has 0 aromatic carbocycles. The third-order valence-corrected chi connectivity index (χ3v) is 9.09. The van der Waals surface area contributed by atoms with Crippen LogP contribution in [0.3, 0.4) is 0 Å². The van der Waals surface area contributed by atoms with Crippen molar-refractivity contribution in [2.45, 2.75) is 77.5 Å². The average molecular weight is 408 g/mol. The van der Waals surface area contributed by atoms with Crippen LogP contribution in [0.15, 0.2) is 12.2 Å². The van der Waals surface area contributed by atoms with E-state index in [1.165, 1.54) is 6.92 Å². The number of rotatable bonds is 1. The first-order chi connectivity index (χ1) is 13.3. The van der Waals surface area contributed by atoms with Gasteiger partial charge in [0.1, 0.15) is 6.10 Å². The summed E-state index contributed by atoms with van der Waals surface area (Å²) in [4.78, 5) is 25.0. The van der Waals surface area contributed by atoms with Gasteiger partial charge in [-0.3, -0.25) is 9.59 Å². The Labute approximate surface area is 170 Å². The van der Waals surface area contributed by atoms with Crippen LogP contribution in [0, 0.1) is 34.0 Å². The smallest absolute Gasteiger partial charge is 0.302 e. The third-order valence-electron chi connectivity index (χ3n) is 9.09. The van der Waals surface area contributed by atoms with Gasteiger partial charge >= 0.3 is 5.97 Å². The highest BCUT2D eigenvalue weighted by molar-refractivity contribution is 6.04. The molecule has 7 heteroatoms. The molecule has 4 aliphatic carbocycles. The fraction of sp³-hybridized carbons (Fsp3) is 0.818. The van der Waals surface area contributed by atoms with E-state index in [0.29, 0.717) is 0 Å². The summed E-state index contributed by atoms with van der Waals surface area (Å²) in [6.07, 6.45) is -4.20. The molecule has 4 fully saturated rings. The van der Waals surface area contributed by atoms with Gasteiger partial charge < -0.3 is 25.2 Å². The normalized spacial score (nSPS) is 53.2. The van der Waals surface area contributed by atoms with E-state index in [2.05, 4.69) is 6.58 Å². The maximum Gasteiger partial charge on any atom is 0.302 e. The third kappa shape index (κ3) is 2.27. The molecule has 0 aromatic heterocycles. The standard InChI is InChI=1S/C22H32O7/c1-9-17-11(24)6-13-21(5)12(7-15(26)22(13,18(9)27)19(17)28)20(3,4)16(8-14(21)25)29-10(2)23/h11-17,19,24-26,28H,1,6-8H2,2-5H3/t11-,12+,13-,14-,15+,16-,17+,19+,21+,22-/m0/s1. The summed E-state index contributed by atoms with van der Waals surface area (Å²) in [6.45, 7) is 10.9. The highest BCUT2D eigenvalue weighted by Crippen LogP contribution is 2.71. The molecular weight excluding hydrogens is 376 g/mol. The first-order valence-corrected chi connectivity index (χ1v) is 10.4. The van der Waals surface area contributed by atoms with E-state index >= 15 is 0 Å². The van der Waals surface area contributed by atoms with Gasteiger partial charge in [0, 0.05) is 30.1 Å². The van der Waals surface area contributed by atoms with Crippen LogP contribution < -0.4 is 0 Å². The Morgan fingerprint density at radius 3 is 2.24 bits per heavy atom. The van der Waals surface area contributed by atoms with E-state index in [1.807, 2.05) is 20.8 Å². The summed E-state index contributed by atoms with van der Waals surface area (Å²) in [5.41, 5.74) is -2.73. The summed E-state index contributed by atoms with van der Waals surface area (Å²) < 4.78 is 5.52. The zero-order valence-electron chi connectivity index (χ0n) is 17.5. The fourth-order valence-electron chi connectivity index (χ4n) is 7.66. The van der Waals surface area contributed by atoms with Crippen molar-refractivity contribution in [3.05, 3.63) is 12.2 Å². The van der Waals surface area contributed by atoms with E-state index in [4.69, 9.17) is 4.74 Å². The number of ketones is 1. The molecule has 7 nitrogen and oxygen atoms in total. The lowest BCUT2D eigenvalue weighted by Crippen LogP contribution is -2.72. The summed E-state index contributed by atoms with van der Waals surface area (Å²) in [6, 6.07) is 0. The summed E-state index contributed by atoms with van der Waals surface area (Å²) >= 11 is 0. The molecular formula is C22H32O7. The van der Waals surface area contributed by atoms with Gasteiger partial charge in [-0.15, -0.1) is 0 Å². The Morgan fingerprint density at radius 1 is 1.03 bits per heavy atom. The minimum atomic E-state index is -1.46. The molecule has 0 saturated heterocycles. The van der Waals surface area contributed by atoms with Gasteiger partial charge in [0.05, 0.1) is 29.8 Å². The Morgan fingerprint density at radius 2 is 1.66 bits per heavy atom. The quantitative estimate of drug-likeness (QED) is 0.369. The molecule has 4 aliphatic rings. The monoisotopic (exact) mass is 408 g/mol. The van der Waals surface area contributed by atoms with Crippen LogP contribution in [0.4, 0.5) is 0 Å². The molecule has 0 aromatic rings. The number of aliphatic hydroxyl groups excluding tert-OH is 4. The molecule has 0 radical (unpaired) electrons. The predicted octanol–water partition coefficient (Wildman–Crippen LogP) is 0.579. The Balaban J connectivity index is 1.86. The SMILES string of the molecule is C=C1C(=O)[C@@]23[C@H](O)C[C@@H]4C(C)(C)[C@@H](OC(C)=O)C[C@H](O)[C@@]4(C)[C@@H]2C[C@H](O)[C@@H]1[C@H]3O. The number of fused-ring (bicyclic) bond motifs is 3. The van der Waals surface area contributed by atoms with Gasteiger partial charge in [-0.25, -0.2) is 0 Å². The van der Waals surface area contributed by atoms with Gasteiger partial charge in [0.2, 0.25) is 0 Å². The number of carbonyl (C=O) groups excluding carboxylic acids is 2. The van der Waals surface area contributed by atoms with Crippen molar-refractivity contribution in [2.75, 3.05) is 0 Å². The second-order valence-corrected chi connectivity index (χ2v) is 10.5. The van der Waals surface area contributed by atoms with Gasteiger partial charge in [0.15, 0.2) is 5.78 Å². The number of Topliss-reactive ketones (excluding diaryl/α,β-unsaturated/α-hetero) is 1. The Bertz CT molecular complexity index is 775. The highest BCUT2D eigenvalue weighted by atomic mass is 16.5. The number of esters is 1. The summed E-state index contributed by atoms with van der Waals surface area (Å²) in [5.74, 6) is -2.51. The van der Waals surface area contributed by atoms with E-state index in [0.717, 1.165) is 0 Å². The van der Waals surface area contributed by atoms with Gasteiger partial charge in [0.25, 0.3) is 0 Å². The number of ether oxygens (including phenoxy) is 1. The average Bonchev–Trinajstić information content (AvgIpc) is 2.74. The van der Waals surface area contributed by atoms with Gasteiger partial charge in [-0.2, -0.15) is 0 Å². The maximum atomic E-state index is 13.3. The lowest BCUT2D eigenvalue weighted by Gasteiger charge is -2.67. The van der Waals surface area contributed by atoms with E-state index in [1.54, 1.807) is 0 Å². The lowest BCUT2D eigenvalue weighted by atomic mass is 9.38. The van der Waals surface area contributed by atoms with Crippen LogP contribution in [-0.2, 0) is 14.3 Å². The van der Waals surface area contributed by atoms with Crippen molar-refractivity contribution in [1.82, 2.24) is 0 Å². The van der Waals surface area contributed by atoms with E-state index < -0.39 is 70.4 Å². The molecule has 162 valence electrons. The van der Waals surface area contributed by atoms with E-state index in [-0.39, 0.29) is 30.8 Å². The second kappa shape index (κ2) is 6.13. The number of carbonyl (C=O) groups is 2. The fourth-order valence-corrected chi connectivity index (χ4v) is 7.66. The molecule has 1 spiro atoms. The molecule has 29 heavy (non-hydrogen) atoms. The zero-order valence-corrected chi connectivity index (χ0v) is 17.5. The zero-order chi connectivity index (χ0) is 21.7. The van der Waals surface area contributed by atoms with Crippen LogP contribution in [-0.4, -0.2) is 62.7 Å². The summed E-state index contributed by atoms with van der Waals surface area (Å²) in [7, 11) is 0. The van der Waals surface area contributed by atoms with Gasteiger partial charge in [-0.1, -0.05) is 27.4 Å². The molecule has 4 N–H and O–H groups in total. The van der Waals surface area contributed by atoms with Crippen molar-refractivity contribution in [2.24, 2.45) is 34.0 Å². The van der Waals surface area contributed by atoms with Crippen LogP contribution in [0.2, 0.25) is 0 Å². The molecule has 0 heterocycles. The van der Waals surface area contributed by atoms with Crippen LogP contribution in [0.5, 0.6) is 0 Å². The number of aliphatic hydroxyl groups is 4.